The van der Waals surface area contributed by atoms with Crippen LogP contribution in [-0.4, -0.2) is 14.1 Å². The zero-order valence-electron chi connectivity index (χ0n) is 15.8. The van der Waals surface area contributed by atoms with Crippen LogP contribution in [0.1, 0.15) is 16.7 Å². The quantitative estimate of drug-likeness (QED) is 0.262. The molecule has 3 rings (SSSR count). The van der Waals surface area contributed by atoms with Crippen molar-refractivity contribution in [2.75, 3.05) is 5.33 Å². The van der Waals surface area contributed by atoms with E-state index in [0.717, 1.165) is 22.0 Å². The maximum Gasteiger partial charge on any atom is 0.502 e. The highest BCUT2D eigenvalue weighted by atomic mass is 79.9. The van der Waals surface area contributed by atoms with Crippen LogP contribution in [0.15, 0.2) is 91.0 Å². The molecular weight excluding hydrogens is 432 g/mol. The van der Waals surface area contributed by atoms with Gasteiger partial charge in [-0.05, 0) is 16.7 Å². The van der Waals surface area contributed by atoms with Gasteiger partial charge in [0.15, 0.2) is 0 Å². The highest BCUT2D eigenvalue weighted by Crippen LogP contribution is 2.23. The molecule has 146 valence electrons. The van der Waals surface area contributed by atoms with E-state index in [0.29, 0.717) is 25.9 Å². The first-order valence-corrected chi connectivity index (χ1v) is 12.4. The van der Waals surface area contributed by atoms with Gasteiger partial charge in [0.1, 0.15) is 0 Å². The first kappa shape index (κ1) is 21.0. The average Bonchev–Trinajstić information content (AvgIpc) is 2.77. The number of alkyl halides is 1. The van der Waals surface area contributed by atoms with E-state index in [-0.39, 0.29) is 0 Å². The molecule has 0 aliphatic heterocycles. The monoisotopic (exact) mass is 456 g/mol. The molecular formula is C23H25BrO3Si. The number of benzene rings is 3. The molecule has 0 heterocycles. The Morgan fingerprint density at radius 2 is 0.857 bits per heavy atom. The lowest BCUT2D eigenvalue weighted by atomic mass is 10.2. The van der Waals surface area contributed by atoms with Gasteiger partial charge in [-0.3, -0.25) is 0 Å². The Kier molecular flexibility index (Phi) is 8.45. The summed E-state index contributed by atoms with van der Waals surface area (Å²) in [6, 6.07) is 31.2. The maximum absolute atomic E-state index is 6.36. The highest BCUT2D eigenvalue weighted by Gasteiger charge is 2.41. The summed E-state index contributed by atoms with van der Waals surface area (Å²) in [7, 11) is -2.89. The first-order valence-electron chi connectivity index (χ1n) is 9.39. The molecule has 3 aromatic rings. The van der Waals surface area contributed by atoms with Gasteiger partial charge in [0, 0.05) is 11.4 Å². The van der Waals surface area contributed by atoms with Crippen LogP contribution in [0.3, 0.4) is 0 Å². The summed E-state index contributed by atoms with van der Waals surface area (Å²) in [5.74, 6) is 0. The zero-order chi connectivity index (χ0) is 19.5. The summed E-state index contributed by atoms with van der Waals surface area (Å²) in [6.07, 6.45) is 0. The van der Waals surface area contributed by atoms with Crippen molar-refractivity contribution in [2.45, 2.75) is 25.9 Å². The van der Waals surface area contributed by atoms with Crippen molar-refractivity contribution in [2.24, 2.45) is 0 Å². The second-order valence-corrected chi connectivity index (χ2v) is 9.97. The Balaban J connectivity index is 1.73. The van der Waals surface area contributed by atoms with Crippen molar-refractivity contribution in [1.29, 1.82) is 0 Å². The highest BCUT2D eigenvalue weighted by molar-refractivity contribution is 9.09. The summed E-state index contributed by atoms with van der Waals surface area (Å²) in [4.78, 5) is 0. The third-order valence-corrected chi connectivity index (χ3v) is 8.05. The number of rotatable bonds is 11. The van der Waals surface area contributed by atoms with E-state index < -0.39 is 8.80 Å². The minimum Gasteiger partial charge on any atom is -0.369 e. The van der Waals surface area contributed by atoms with Crippen LogP contribution in [0.25, 0.3) is 0 Å². The van der Waals surface area contributed by atoms with Crippen molar-refractivity contribution in [3.05, 3.63) is 108 Å². The number of hydrogen-bond donors (Lipinski definition) is 0. The maximum atomic E-state index is 6.36. The molecule has 0 bridgehead atoms. The molecule has 28 heavy (non-hydrogen) atoms. The first-order chi connectivity index (χ1) is 13.8. The largest absolute Gasteiger partial charge is 0.502 e. The molecule has 0 saturated heterocycles. The molecule has 0 N–H and O–H groups in total. The standard InChI is InChI=1S/C23H25BrO3Si/c24-16-17-28(25-18-21-10-4-1-5-11-21,26-19-22-12-6-2-7-13-22)27-20-23-14-8-3-9-15-23/h1-15H,16-20H2. The van der Waals surface area contributed by atoms with E-state index in [1.807, 2.05) is 54.6 Å². The van der Waals surface area contributed by atoms with Gasteiger partial charge in [0.25, 0.3) is 0 Å². The molecule has 0 fully saturated rings. The second-order valence-electron chi connectivity index (χ2n) is 6.44. The van der Waals surface area contributed by atoms with E-state index >= 15 is 0 Å². The van der Waals surface area contributed by atoms with E-state index in [1.54, 1.807) is 0 Å². The van der Waals surface area contributed by atoms with E-state index in [1.165, 1.54) is 0 Å². The molecule has 0 unspecified atom stereocenters. The molecule has 0 aliphatic carbocycles. The number of hydrogen-bond acceptors (Lipinski definition) is 3. The van der Waals surface area contributed by atoms with Crippen LogP contribution in [0, 0.1) is 0 Å². The third-order valence-electron chi connectivity index (χ3n) is 4.31. The fraction of sp³-hybridized carbons (Fsp3) is 0.217. The second kappa shape index (κ2) is 11.3. The topological polar surface area (TPSA) is 27.7 Å². The zero-order valence-corrected chi connectivity index (χ0v) is 18.4. The molecule has 3 nitrogen and oxygen atoms in total. The Morgan fingerprint density at radius 1 is 0.536 bits per heavy atom. The minimum absolute atomic E-state index is 0.476. The average molecular weight is 457 g/mol. The number of halogens is 1. The molecule has 0 aromatic heterocycles. The molecule has 0 amide bonds. The van der Waals surface area contributed by atoms with Crippen LogP contribution >= 0.6 is 15.9 Å². The molecule has 0 aliphatic rings. The van der Waals surface area contributed by atoms with Gasteiger partial charge < -0.3 is 13.3 Å². The summed E-state index contributed by atoms with van der Waals surface area (Å²) in [6.45, 7) is 1.43. The minimum atomic E-state index is -2.89. The Hall–Kier alpha value is -1.76. The van der Waals surface area contributed by atoms with Gasteiger partial charge in [-0.2, -0.15) is 0 Å². The summed E-state index contributed by atoms with van der Waals surface area (Å²) in [5.41, 5.74) is 3.33. The van der Waals surface area contributed by atoms with Gasteiger partial charge >= 0.3 is 8.80 Å². The van der Waals surface area contributed by atoms with Crippen molar-refractivity contribution < 1.29 is 13.3 Å². The predicted molar refractivity (Wildman–Crippen MR) is 118 cm³/mol. The summed E-state index contributed by atoms with van der Waals surface area (Å²) >= 11 is 3.56. The van der Waals surface area contributed by atoms with Gasteiger partial charge in [-0.15, -0.1) is 0 Å². The van der Waals surface area contributed by atoms with Crippen LogP contribution < -0.4 is 0 Å². The van der Waals surface area contributed by atoms with Crippen LogP contribution in [0.4, 0.5) is 0 Å². The SMILES string of the molecule is BrCC[Si](OCc1ccccc1)(OCc1ccccc1)OCc1ccccc1. The molecule has 0 atom stereocenters. The van der Waals surface area contributed by atoms with Crippen LogP contribution in [0.5, 0.6) is 0 Å². The lowest BCUT2D eigenvalue weighted by Gasteiger charge is -2.29. The van der Waals surface area contributed by atoms with Crippen molar-refractivity contribution in [3.63, 3.8) is 0 Å². The van der Waals surface area contributed by atoms with Crippen LogP contribution in [0.2, 0.25) is 6.04 Å². The Morgan fingerprint density at radius 3 is 1.14 bits per heavy atom. The van der Waals surface area contributed by atoms with Crippen molar-refractivity contribution in [1.82, 2.24) is 0 Å². The van der Waals surface area contributed by atoms with E-state index in [9.17, 15) is 0 Å². The molecule has 3 aromatic carbocycles. The lowest BCUT2D eigenvalue weighted by Crippen LogP contribution is -2.45. The summed E-state index contributed by atoms with van der Waals surface area (Å²) in [5, 5.41) is 0.761. The Labute approximate surface area is 176 Å². The Bertz CT molecular complexity index is 694. The molecule has 0 saturated carbocycles. The van der Waals surface area contributed by atoms with Crippen molar-refractivity contribution >= 4 is 24.7 Å². The van der Waals surface area contributed by atoms with Gasteiger partial charge in [0.05, 0.1) is 19.8 Å². The smallest absolute Gasteiger partial charge is 0.369 e. The van der Waals surface area contributed by atoms with Crippen molar-refractivity contribution in [3.8, 4) is 0 Å². The fourth-order valence-corrected chi connectivity index (χ4v) is 6.29. The lowest BCUT2D eigenvalue weighted by molar-refractivity contribution is 0.0442. The fourth-order valence-electron chi connectivity index (χ4n) is 2.76. The summed E-state index contributed by atoms with van der Waals surface area (Å²) < 4.78 is 19.1. The predicted octanol–water partition coefficient (Wildman–Crippen LogP) is 5.97. The normalized spacial score (nSPS) is 11.5. The van der Waals surface area contributed by atoms with E-state index in [2.05, 4.69) is 52.3 Å². The third kappa shape index (κ3) is 6.69. The molecule has 0 radical (unpaired) electrons. The van der Waals surface area contributed by atoms with Gasteiger partial charge in [0.2, 0.25) is 0 Å². The van der Waals surface area contributed by atoms with Gasteiger partial charge in [-0.25, -0.2) is 0 Å². The van der Waals surface area contributed by atoms with E-state index in [4.69, 9.17) is 13.3 Å². The van der Waals surface area contributed by atoms with Crippen LogP contribution in [-0.2, 0) is 33.1 Å². The molecule has 0 spiro atoms. The van der Waals surface area contributed by atoms with Gasteiger partial charge in [-0.1, -0.05) is 107 Å². The molecule has 5 heteroatoms.